The number of hydrogen-bond donors (Lipinski definition) is 1. The third kappa shape index (κ3) is 3.16. The minimum Gasteiger partial charge on any atom is -0.497 e. The van der Waals surface area contributed by atoms with Crippen LogP contribution in [-0.2, 0) is 0 Å². The van der Waals surface area contributed by atoms with Gasteiger partial charge in [0.05, 0.1) is 12.7 Å². The Labute approximate surface area is 146 Å². The van der Waals surface area contributed by atoms with Gasteiger partial charge in [-0.05, 0) is 69.1 Å². The fourth-order valence-electron chi connectivity index (χ4n) is 2.30. The number of carbonyl (C=O) groups excluding carboxylic acids is 1. The molecule has 0 spiro atoms. The van der Waals surface area contributed by atoms with Gasteiger partial charge >= 0.3 is 0 Å². The number of aryl methyl sites for hydroxylation is 1. The normalized spacial score (nSPS) is 10.5. The number of hydrogen-bond acceptors (Lipinski definition) is 5. The summed E-state index contributed by atoms with van der Waals surface area (Å²) in [6, 6.07) is 12.7. The van der Waals surface area contributed by atoms with Crippen LogP contribution in [0.3, 0.4) is 0 Å². The third-order valence-corrected chi connectivity index (χ3v) is 4.22. The summed E-state index contributed by atoms with van der Waals surface area (Å²) in [5.74, 6) is 0.709. The molecule has 3 rings (SSSR count). The summed E-state index contributed by atoms with van der Waals surface area (Å²) in [4.78, 5) is 12.4. The fourth-order valence-corrected chi connectivity index (χ4v) is 2.76. The zero-order valence-corrected chi connectivity index (χ0v) is 14.6. The topological polar surface area (TPSA) is 77.2 Å². The first kappa shape index (κ1) is 16.2. The first-order valence-electron chi connectivity index (χ1n) is 7.13. The van der Waals surface area contributed by atoms with Gasteiger partial charge in [0.15, 0.2) is 5.69 Å². The van der Waals surface area contributed by atoms with E-state index in [4.69, 9.17) is 9.37 Å². The summed E-state index contributed by atoms with van der Waals surface area (Å²) in [6.45, 7) is 1.92. The minimum absolute atomic E-state index is 0.268. The third-order valence-electron chi connectivity index (χ3n) is 3.53. The molecule has 1 amide bonds. The molecule has 1 N–H and O–H groups in total. The van der Waals surface area contributed by atoms with Crippen molar-refractivity contribution in [1.29, 1.82) is 0 Å². The van der Waals surface area contributed by atoms with E-state index >= 15 is 0 Å². The van der Waals surface area contributed by atoms with Crippen LogP contribution in [0.15, 0.2) is 51.6 Å². The highest BCUT2D eigenvalue weighted by molar-refractivity contribution is 9.10. The maximum atomic E-state index is 12.4. The van der Waals surface area contributed by atoms with Gasteiger partial charge in [-0.2, -0.15) is 0 Å². The number of halogens is 1. The predicted molar refractivity (Wildman–Crippen MR) is 93.1 cm³/mol. The Morgan fingerprint density at radius 2 is 2.00 bits per heavy atom. The van der Waals surface area contributed by atoms with Crippen molar-refractivity contribution in [2.45, 2.75) is 6.92 Å². The molecule has 0 atom stereocenters. The molecule has 1 aromatic heterocycles. The van der Waals surface area contributed by atoms with Crippen molar-refractivity contribution < 1.29 is 14.2 Å². The zero-order chi connectivity index (χ0) is 17.1. The highest BCUT2D eigenvalue weighted by Crippen LogP contribution is 2.30. The van der Waals surface area contributed by atoms with Gasteiger partial charge in [0.1, 0.15) is 5.75 Å². The molecule has 0 radical (unpaired) electrons. The lowest BCUT2D eigenvalue weighted by atomic mass is 10.1. The van der Waals surface area contributed by atoms with E-state index in [-0.39, 0.29) is 11.7 Å². The first-order valence-corrected chi connectivity index (χ1v) is 7.93. The van der Waals surface area contributed by atoms with Crippen LogP contribution in [0, 0.1) is 6.92 Å². The van der Waals surface area contributed by atoms with Crippen molar-refractivity contribution >= 4 is 27.7 Å². The van der Waals surface area contributed by atoms with Gasteiger partial charge in [0, 0.05) is 10.0 Å². The van der Waals surface area contributed by atoms with Crippen molar-refractivity contribution in [3.05, 3.63) is 58.1 Å². The number of ether oxygens (including phenoxy) is 1. The summed E-state index contributed by atoms with van der Waals surface area (Å²) in [6.07, 6.45) is 0. The predicted octanol–water partition coefficient (Wildman–Crippen LogP) is 4.07. The molecular formula is C17H14BrN3O3. The van der Waals surface area contributed by atoms with Crippen LogP contribution in [0.4, 0.5) is 5.82 Å². The van der Waals surface area contributed by atoms with E-state index < -0.39 is 0 Å². The lowest BCUT2D eigenvalue weighted by Gasteiger charge is -2.08. The average molecular weight is 388 g/mol. The molecule has 0 aliphatic carbocycles. The Bertz CT molecular complexity index is 892. The molecule has 0 bridgehead atoms. The highest BCUT2D eigenvalue weighted by Gasteiger charge is 2.18. The van der Waals surface area contributed by atoms with Crippen LogP contribution in [0.1, 0.15) is 15.9 Å². The summed E-state index contributed by atoms with van der Waals surface area (Å²) in [7, 11) is 1.61. The number of aromatic nitrogens is 2. The van der Waals surface area contributed by atoms with Crippen LogP contribution in [-0.4, -0.2) is 23.3 Å². The van der Waals surface area contributed by atoms with E-state index in [1.807, 2.05) is 31.2 Å². The maximum Gasteiger partial charge on any atom is 0.258 e. The average Bonchev–Trinajstić information content (AvgIpc) is 3.02. The summed E-state index contributed by atoms with van der Waals surface area (Å²) < 4.78 is 10.7. The standard InChI is InChI=1S/C17H14BrN3O3/c1-10-9-11(23-2)7-8-12(10)15-16(21-24-20-15)19-17(22)13-5-3-4-6-14(13)18/h3-9H,1-2H3,(H,19,21,22). The van der Waals surface area contributed by atoms with Crippen molar-refractivity contribution in [3.63, 3.8) is 0 Å². The number of anilines is 1. The fraction of sp³-hybridized carbons (Fsp3) is 0.118. The van der Waals surface area contributed by atoms with E-state index in [1.165, 1.54) is 0 Å². The van der Waals surface area contributed by atoms with Crippen LogP contribution in [0.2, 0.25) is 0 Å². The number of amides is 1. The Morgan fingerprint density at radius 1 is 1.21 bits per heavy atom. The Morgan fingerprint density at radius 3 is 2.71 bits per heavy atom. The molecule has 0 saturated heterocycles. The largest absolute Gasteiger partial charge is 0.497 e. The lowest BCUT2D eigenvalue weighted by Crippen LogP contribution is -2.13. The Balaban J connectivity index is 1.91. The van der Waals surface area contributed by atoms with Gasteiger partial charge in [0.2, 0.25) is 5.82 Å². The van der Waals surface area contributed by atoms with Crippen molar-refractivity contribution in [1.82, 2.24) is 10.3 Å². The SMILES string of the molecule is COc1ccc(-c2nonc2NC(=O)c2ccccc2Br)c(C)c1. The lowest BCUT2D eigenvalue weighted by molar-refractivity contribution is 0.102. The Kier molecular flexibility index (Phi) is 4.61. The maximum absolute atomic E-state index is 12.4. The first-order chi connectivity index (χ1) is 11.6. The molecule has 24 heavy (non-hydrogen) atoms. The molecule has 7 heteroatoms. The van der Waals surface area contributed by atoms with Crippen LogP contribution < -0.4 is 10.1 Å². The minimum atomic E-state index is -0.300. The zero-order valence-electron chi connectivity index (χ0n) is 13.0. The molecule has 3 aromatic rings. The number of rotatable bonds is 4. The van der Waals surface area contributed by atoms with E-state index in [1.54, 1.807) is 25.3 Å². The number of carbonyl (C=O) groups is 1. The van der Waals surface area contributed by atoms with E-state index in [0.29, 0.717) is 15.7 Å². The quantitative estimate of drug-likeness (QED) is 0.729. The van der Waals surface area contributed by atoms with Gasteiger partial charge in [0.25, 0.3) is 5.91 Å². The summed E-state index contributed by atoms with van der Waals surface area (Å²) in [5, 5.41) is 10.5. The van der Waals surface area contributed by atoms with Gasteiger partial charge in [-0.25, -0.2) is 4.63 Å². The number of methoxy groups -OCH3 is 1. The Hall–Kier alpha value is -2.67. The van der Waals surface area contributed by atoms with Crippen molar-refractivity contribution in [3.8, 4) is 17.0 Å². The molecule has 0 saturated carbocycles. The smallest absolute Gasteiger partial charge is 0.258 e. The van der Waals surface area contributed by atoms with Crippen molar-refractivity contribution in [2.75, 3.05) is 12.4 Å². The number of nitrogens with one attached hydrogen (secondary N) is 1. The molecular weight excluding hydrogens is 374 g/mol. The summed E-state index contributed by atoms with van der Waals surface area (Å²) in [5.41, 5.74) is 2.70. The molecule has 122 valence electrons. The number of nitrogens with zero attached hydrogens (tertiary/aromatic N) is 2. The molecule has 0 unspecified atom stereocenters. The second-order valence-electron chi connectivity index (χ2n) is 5.08. The van der Waals surface area contributed by atoms with Crippen LogP contribution in [0.25, 0.3) is 11.3 Å². The highest BCUT2D eigenvalue weighted by atomic mass is 79.9. The van der Waals surface area contributed by atoms with E-state index in [9.17, 15) is 4.79 Å². The molecule has 2 aromatic carbocycles. The second kappa shape index (κ2) is 6.84. The molecule has 6 nitrogen and oxygen atoms in total. The molecule has 1 heterocycles. The monoisotopic (exact) mass is 387 g/mol. The molecule has 0 fully saturated rings. The van der Waals surface area contributed by atoms with Crippen LogP contribution >= 0.6 is 15.9 Å². The van der Waals surface area contributed by atoms with E-state index in [0.717, 1.165) is 16.9 Å². The number of benzene rings is 2. The van der Waals surface area contributed by atoms with Gasteiger partial charge in [-0.3, -0.25) is 4.79 Å². The molecule has 0 aliphatic heterocycles. The van der Waals surface area contributed by atoms with Gasteiger partial charge in [-0.1, -0.05) is 12.1 Å². The van der Waals surface area contributed by atoms with Crippen LogP contribution in [0.5, 0.6) is 5.75 Å². The van der Waals surface area contributed by atoms with E-state index in [2.05, 4.69) is 31.6 Å². The summed E-state index contributed by atoms with van der Waals surface area (Å²) >= 11 is 3.36. The van der Waals surface area contributed by atoms with Gasteiger partial charge < -0.3 is 10.1 Å². The van der Waals surface area contributed by atoms with Crippen molar-refractivity contribution in [2.24, 2.45) is 0 Å². The van der Waals surface area contributed by atoms with Gasteiger partial charge in [-0.15, -0.1) is 0 Å². The molecule has 0 aliphatic rings. The second-order valence-corrected chi connectivity index (χ2v) is 5.93.